The van der Waals surface area contributed by atoms with E-state index in [0.717, 1.165) is 21.0 Å². The number of carbonyl (C=O) groups excluding carboxylic acids is 2. The molecule has 0 aromatic heterocycles. The fourth-order valence-corrected chi connectivity index (χ4v) is 4.49. The first-order valence-electron chi connectivity index (χ1n) is 9.72. The second-order valence-corrected chi connectivity index (χ2v) is 8.02. The molecule has 3 aromatic carbocycles. The first kappa shape index (κ1) is 20.0. The Balaban J connectivity index is 1.71. The molecule has 152 valence electrons. The van der Waals surface area contributed by atoms with Gasteiger partial charge in [-0.25, -0.2) is 4.79 Å². The van der Waals surface area contributed by atoms with Gasteiger partial charge in [0.1, 0.15) is 0 Å². The lowest BCUT2D eigenvalue weighted by molar-refractivity contribution is 0.0600. The molecular formula is C24H22N2O3S. The van der Waals surface area contributed by atoms with Crippen LogP contribution in [0, 0.1) is 0 Å². The number of anilines is 1. The quantitative estimate of drug-likeness (QED) is 0.625. The molecule has 6 heteroatoms. The van der Waals surface area contributed by atoms with Gasteiger partial charge >= 0.3 is 5.97 Å². The number of fused-ring (bicyclic) bond motifs is 2. The first-order valence-corrected chi connectivity index (χ1v) is 10.5. The van der Waals surface area contributed by atoms with Crippen molar-refractivity contribution in [1.82, 2.24) is 4.90 Å². The van der Waals surface area contributed by atoms with Crippen molar-refractivity contribution in [3.8, 4) is 0 Å². The summed E-state index contributed by atoms with van der Waals surface area (Å²) in [5.74, 6) is -0.384. The molecule has 1 aliphatic rings. The third-order valence-electron chi connectivity index (χ3n) is 4.94. The molecule has 1 aliphatic heterocycles. The van der Waals surface area contributed by atoms with E-state index in [1.807, 2.05) is 71.6 Å². The molecule has 1 N–H and O–H groups in total. The number of rotatable bonds is 3. The zero-order chi connectivity index (χ0) is 20.9. The Bertz CT molecular complexity index is 1070. The highest BCUT2D eigenvalue weighted by atomic mass is 32.2. The van der Waals surface area contributed by atoms with Crippen molar-refractivity contribution < 1.29 is 14.3 Å². The standard InChI is InChI=1S/C24H22N2O3S/c1-29-24(28)18-11-12-20-22(15-18)30-21-10-6-5-9-19(21)23(27)26(14-13-25-20)16-17-7-3-2-4-8-17/h2-12,15,25H,13-14,16H2,1H3. The Morgan fingerprint density at radius 1 is 1.03 bits per heavy atom. The van der Waals surface area contributed by atoms with Gasteiger partial charge in [-0.2, -0.15) is 0 Å². The summed E-state index contributed by atoms with van der Waals surface area (Å²) in [6.07, 6.45) is 0. The minimum absolute atomic E-state index is 0.00340. The molecule has 0 fully saturated rings. The van der Waals surface area contributed by atoms with E-state index in [4.69, 9.17) is 4.74 Å². The Labute approximate surface area is 180 Å². The monoisotopic (exact) mass is 418 g/mol. The molecule has 1 heterocycles. The van der Waals surface area contributed by atoms with Gasteiger partial charge in [-0.15, -0.1) is 0 Å². The summed E-state index contributed by atoms with van der Waals surface area (Å²) >= 11 is 1.48. The largest absolute Gasteiger partial charge is 0.465 e. The SMILES string of the molecule is COC(=O)c1ccc2c(c1)Sc1ccccc1C(=O)N(Cc1ccccc1)CCN2. The molecule has 0 atom stereocenters. The van der Waals surface area contributed by atoms with Crippen LogP contribution in [0.15, 0.2) is 82.6 Å². The maximum absolute atomic E-state index is 13.4. The zero-order valence-corrected chi connectivity index (χ0v) is 17.4. The van der Waals surface area contributed by atoms with Crippen LogP contribution in [0.2, 0.25) is 0 Å². The van der Waals surface area contributed by atoms with Crippen LogP contribution in [0.1, 0.15) is 26.3 Å². The molecule has 0 aliphatic carbocycles. The summed E-state index contributed by atoms with van der Waals surface area (Å²) in [5, 5.41) is 3.42. The van der Waals surface area contributed by atoms with Crippen molar-refractivity contribution in [2.45, 2.75) is 16.3 Å². The van der Waals surface area contributed by atoms with Gasteiger partial charge in [-0.1, -0.05) is 54.2 Å². The number of esters is 1. The number of amides is 1. The molecule has 4 rings (SSSR count). The molecule has 0 unspecified atom stereocenters. The topological polar surface area (TPSA) is 58.6 Å². The molecule has 30 heavy (non-hydrogen) atoms. The lowest BCUT2D eigenvalue weighted by Crippen LogP contribution is -2.35. The second-order valence-electron chi connectivity index (χ2n) is 6.94. The number of nitrogens with one attached hydrogen (secondary N) is 1. The smallest absolute Gasteiger partial charge is 0.337 e. The summed E-state index contributed by atoms with van der Waals surface area (Å²) in [7, 11) is 1.37. The van der Waals surface area contributed by atoms with Crippen molar-refractivity contribution >= 4 is 29.3 Å². The molecule has 0 spiro atoms. The fraction of sp³-hybridized carbons (Fsp3) is 0.167. The molecule has 3 aromatic rings. The Hall–Kier alpha value is -3.25. The number of nitrogens with zero attached hydrogens (tertiary/aromatic N) is 1. The van der Waals surface area contributed by atoms with Crippen molar-refractivity contribution in [3.63, 3.8) is 0 Å². The summed E-state index contributed by atoms with van der Waals surface area (Å²) in [5.41, 5.74) is 3.17. The zero-order valence-electron chi connectivity index (χ0n) is 16.6. The van der Waals surface area contributed by atoms with Crippen LogP contribution >= 0.6 is 11.8 Å². The van der Waals surface area contributed by atoms with E-state index < -0.39 is 0 Å². The van der Waals surface area contributed by atoms with E-state index >= 15 is 0 Å². The van der Waals surface area contributed by atoms with Gasteiger partial charge in [0.05, 0.1) is 18.2 Å². The van der Waals surface area contributed by atoms with Crippen LogP contribution in [0.4, 0.5) is 5.69 Å². The maximum atomic E-state index is 13.4. The van der Waals surface area contributed by atoms with Crippen molar-refractivity contribution in [2.75, 3.05) is 25.5 Å². The second kappa shape index (κ2) is 9.05. The Morgan fingerprint density at radius 2 is 1.80 bits per heavy atom. The molecule has 1 amide bonds. The van der Waals surface area contributed by atoms with E-state index in [-0.39, 0.29) is 11.9 Å². The van der Waals surface area contributed by atoms with E-state index in [2.05, 4.69) is 5.32 Å². The van der Waals surface area contributed by atoms with Crippen LogP contribution in [0.3, 0.4) is 0 Å². The predicted octanol–water partition coefficient (Wildman–Crippen LogP) is 4.69. The van der Waals surface area contributed by atoms with Crippen LogP contribution in [-0.2, 0) is 11.3 Å². The number of hydrogen-bond donors (Lipinski definition) is 1. The number of methoxy groups -OCH3 is 1. The normalized spacial score (nSPS) is 13.6. The van der Waals surface area contributed by atoms with E-state index in [1.54, 1.807) is 6.07 Å². The van der Waals surface area contributed by atoms with E-state index in [9.17, 15) is 9.59 Å². The van der Waals surface area contributed by atoms with Gasteiger partial charge in [-0.05, 0) is 35.9 Å². The molecule has 0 bridgehead atoms. The Kier molecular flexibility index (Phi) is 6.05. The van der Waals surface area contributed by atoms with Crippen molar-refractivity contribution in [3.05, 3.63) is 89.5 Å². The first-order chi connectivity index (χ1) is 14.7. The third kappa shape index (κ3) is 4.33. The van der Waals surface area contributed by atoms with E-state index in [0.29, 0.717) is 30.8 Å². The molecule has 0 saturated heterocycles. The summed E-state index contributed by atoms with van der Waals surface area (Å²) < 4.78 is 4.86. The lowest BCUT2D eigenvalue weighted by atomic mass is 10.1. The number of carbonyl (C=O) groups is 2. The van der Waals surface area contributed by atoms with Crippen LogP contribution in [-0.4, -0.2) is 37.0 Å². The third-order valence-corrected chi connectivity index (χ3v) is 6.07. The van der Waals surface area contributed by atoms with Crippen LogP contribution in [0.25, 0.3) is 0 Å². The van der Waals surface area contributed by atoms with E-state index in [1.165, 1.54) is 18.9 Å². The minimum atomic E-state index is -0.381. The Morgan fingerprint density at radius 3 is 2.60 bits per heavy atom. The highest BCUT2D eigenvalue weighted by Gasteiger charge is 2.22. The fourth-order valence-electron chi connectivity index (χ4n) is 3.40. The summed E-state index contributed by atoms with van der Waals surface area (Å²) in [6, 6.07) is 23.1. The lowest BCUT2D eigenvalue weighted by Gasteiger charge is -2.26. The summed E-state index contributed by atoms with van der Waals surface area (Å²) in [4.78, 5) is 29.0. The maximum Gasteiger partial charge on any atom is 0.337 e. The number of ether oxygens (including phenoxy) is 1. The minimum Gasteiger partial charge on any atom is -0.465 e. The van der Waals surface area contributed by atoms with Gasteiger partial charge in [0.25, 0.3) is 5.91 Å². The molecule has 0 saturated carbocycles. The van der Waals surface area contributed by atoms with Crippen molar-refractivity contribution in [2.24, 2.45) is 0 Å². The van der Waals surface area contributed by atoms with Gasteiger partial charge in [0, 0.05) is 35.1 Å². The van der Waals surface area contributed by atoms with Crippen LogP contribution in [0.5, 0.6) is 0 Å². The van der Waals surface area contributed by atoms with Gasteiger partial charge in [0.15, 0.2) is 0 Å². The van der Waals surface area contributed by atoms with Gasteiger partial charge < -0.3 is 15.0 Å². The number of benzene rings is 3. The average Bonchev–Trinajstić information content (AvgIpc) is 2.79. The highest BCUT2D eigenvalue weighted by molar-refractivity contribution is 7.99. The average molecular weight is 419 g/mol. The van der Waals surface area contributed by atoms with Gasteiger partial charge in [-0.3, -0.25) is 4.79 Å². The molecular weight excluding hydrogens is 396 g/mol. The van der Waals surface area contributed by atoms with Crippen LogP contribution < -0.4 is 5.32 Å². The number of hydrogen-bond acceptors (Lipinski definition) is 5. The van der Waals surface area contributed by atoms with Crippen molar-refractivity contribution in [1.29, 1.82) is 0 Å². The summed E-state index contributed by atoms with van der Waals surface area (Å²) in [6.45, 7) is 1.71. The highest BCUT2D eigenvalue weighted by Crippen LogP contribution is 2.37. The molecule has 0 radical (unpaired) electrons. The molecule has 5 nitrogen and oxygen atoms in total. The predicted molar refractivity (Wildman–Crippen MR) is 118 cm³/mol. The van der Waals surface area contributed by atoms with Gasteiger partial charge in [0.2, 0.25) is 0 Å².